The number of aromatic nitrogens is 1. The van der Waals surface area contributed by atoms with Gasteiger partial charge in [0.2, 0.25) is 5.88 Å². The number of halogens is 4. The van der Waals surface area contributed by atoms with Gasteiger partial charge in [0.25, 0.3) is 0 Å². The minimum absolute atomic E-state index is 0.122. The summed E-state index contributed by atoms with van der Waals surface area (Å²) in [4.78, 5) is 3.74. The van der Waals surface area contributed by atoms with Crippen LogP contribution in [0.15, 0.2) is 16.7 Å². The van der Waals surface area contributed by atoms with E-state index in [0.717, 1.165) is 18.9 Å². The highest BCUT2D eigenvalue weighted by Gasteiger charge is 2.36. The molecule has 0 amide bonds. The van der Waals surface area contributed by atoms with E-state index in [-0.39, 0.29) is 29.0 Å². The molecule has 1 saturated carbocycles. The third kappa shape index (κ3) is 3.85. The number of aliphatic hydroxyl groups is 1. The van der Waals surface area contributed by atoms with Gasteiger partial charge in [0, 0.05) is 17.3 Å². The smallest absolute Gasteiger partial charge is 0.421 e. The van der Waals surface area contributed by atoms with Gasteiger partial charge < -0.3 is 9.84 Å². The van der Waals surface area contributed by atoms with Crippen molar-refractivity contribution >= 4 is 15.9 Å². The number of nitrogens with zero attached hydrogens (tertiary/aromatic N) is 1. The Labute approximate surface area is 123 Å². The van der Waals surface area contributed by atoms with Crippen molar-refractivity contribution in [2.75, 3.05) is 6.61 Å². The van der Waals surface area contributed by atoms with Gasteiger partial charge >= 0.3 is 6.18 Å². The van der Waals surface area contributed by atoms with Gasteiger partial charge in [0.05, 0.1) is 0 Å². The summed E-state index contributed by atoms with van der Waals surface area (Å²) < 4.78 is 44.5. The lowest BCUT2D eigenvalue weighted by Gasteiger charge is -2.28. The summed E-state index contributed by atoms with van der Waals surface area (Å²) in [5, 5.41) is 9.04. The molecule has 0 saturated heterocycles. The van der Waals surface area contributed by atoms with Gasteiger partial charge in [-0.1, -0.05) is 0 Å². The van der Waals surface area contributed by atoms with E-state index < -0.39 is 11.7 Å². The topological polar surface area (TPSA) is 42.4 Å². The molecule has 1 aliphatic rings. The van der Waals surface area contributed by atoms with Crippen molar-refractivity contribution in [1.29, 1.82) is 0 Å². The van der Waals surface area contributed by atoms with Crippen molar-refractivity contribution in [1.82, 2.24) is 4.98 Å². The van der Waals surface area contributed by atoms with Crippen LogP contribution >= 0.6 is 15.9 Å². The molecule has 1 heterocycles. The number of aliphatic hydroxyl groups excluding tert-OH is 1. The highest BCUT2D eigenvalue weighted by molar-refractivity contribution is 9.10. The van der Waals surface area contributed by atoms with Crippen molar-refractivity contribution in [3.63, 3.8) is 0 Å². The maximum absolute atomic E-state index is 12.9. The summed E-state index contributed by atoms with van der Waals surface area (Å²) in [5.41, 5.74) is -0.865. The van der Waals surface area contributed by atoms with E-state index >= 15 is 0 Å². The van der Waals surface area contributed by atoms with Crippen molar-refractivity contribution in [2.24, 2.45) is 5.92 Å². The molecule has 1 N–H and O–H groups in total. The fourth-order valence-electron chi connectivity index (χ4n) is 2.31. The lowest BCUT2D eigenvalue weighted by molar-refractivity contribution is -0.139. The van der Waals surface area contributed by atoms with Crippen LogP contribution in [0.5, 0.6) is 5.88 Å². The Balaban J connectivity index is 2.10. The van der Waals surface area contributed by atoms with Gasteiger partial charge in [0.1, 0.15) is 11.7 Å². The molecular weight excluding hydrogens is 339 g/mol. The summed E-state index contributed by atoms with van der Waals surface area (Å²) in [7, 11) is 0. The molecule has 0 radical (unpaired) electrons. The number of rotatable bonds is 3. The first kappa shape index (κ1) is 15.6. The van der Waals surface area contributed by atoms with E-state index in [1.807, 2.05) is 0 Å². The van der Waals surface area contributed by atoms with E-state index in [4.69, 9.17) is 9.84 Å². The van der Waals surface area contributed by atoms with Gasteiger partial charge in [-0.3, -0.25) is 0 Å². The third-order valence-corrected chi connectivity index (χ3v) is 3.89. The summed E-state index contributed by atoms with van der Waals surface area (Å²) in [5.74, 6) is -0.136. The van der Waals surface area contributed by atoms with E-state index in [2.05, 4.69) is 20.9 Å². The fourth-order valence-corrected chi connectivity index (χ4v) is 2.65. The number of pyridine rings is 1. The summed E-state index contributed by atoms with van der Waals surface area (Å²) in [6, 6.07) is 0.974. The van der Waals surface area contributed by atoms with Crippen molar-refractivity contribution < 1.29 is 23.0 Å². The number of alkyl halides is 3. The molecule has 0 unspecified atom stereocenters. The zero-order valence-corrected chi connectivity index (χ0v) is 12.2. The van der Waals surface area contributed by atoms with Crippen LogP contribution in [-0.4, -0.2) is 22.8 Å². The molecule has 1 fully saturated rings. The van der Waals surface area contributed by atoms with E-state index in [1.165, 1.54) is 6.20 Å². The lowest BCUT2D eigenvalue weighted by atomic mass is 9.88. The molecule has 0 bridgehead atoms. The van der Waals surface area contributed by atoms with E-state index in [9.17, 15) is 13.2 Å². The minimum Gasteiger partial charge on any atom is -0.474 e. The largest absolute Gasteiger partial charge is 0.474 e. The van der Waals surface area contributed by atoms with Crippen LogP contribution < -0.4 is 4.74 Å². The standard InChI is InChI=1S/C13H15BrF3NO2/c14-9-5-11(13(15,16)17)12(18-6-9)20-10-3-1-8(7-19)2-4-10/h5-6,8,10,19H,1-4,7H2. The molecule has 20 heavy (non-hydrogen) atoms. The number of hydrogen-bond donors (Lipinski definition) is 1. The second-order valence-corrected chi connectivity index (χ2v) is 5.86. The monoisotopic (exact) mass is 353 g/mol. The summed E-state index contributed by atoms with van der Waals surface area (Å²) in [6.07, 6.45) is -0.663. The Hall–Kier alpha value is -0.820. The average Bonchev–Trinajstić information content (AvgIpc) is 2.40. The highest BCUT2D eigenvalue weighted by atomic mass is 79.9. The van der Waals surface area contributed by atoms with Crippen molar-refractivity contribution in [2.45, 2.75) is 38.0 Å². The average molecular weight is 354 g/mol. The Morgan fingerprint density at radius 3 is 2.50 bits per heavy atom. The van der Waals surface area contributed by atoms with Crippen molar-refractivity contribution in [3.05, 3.63) is 22.3 Å². The van der Waals surface area contributed by atoms with Crippen LogP contribution in [0.3, 0.4) is 0 Å². The predicted molar refractivity (Wildman–Crippen MR) is 70.4 cm³/mol. The minimum atomic E-state index is -4.49. The van der Waals surface area contributed by atoms with Crippen molar-refractivity contribution in [3.8, 4) is 5.88 Å². The highest BCUT2D eigenvalue weighted by Crippen LogP contribution is 2.38. The van der Waals surface area contributed by atoms with Gasteiger partial charge in [-0.15, -0.1) is 0 Å². The Kier molecular flexibility index (Phi) is 4.90. The third-order valence-electron chi connectivity index (χ3n) is 3.45. The van der Waals surface area contributed by atoms with E-state index in [0.29, 0.717) is 12.8 Å². The van der Waals surface area contributed by atoms with Gasteiger partial charge in [0.15, 0.2) is 0 Å². The Morgan fingerprint density at radius 1 is 1.30 bits per heavy atom. The molecule has 0 aromatic carbocycles. The zero-order valence-electron chi connectivity index (χ0n) is 10.7. The first-order chi connectivity index (χ1) is 9.40. The predicted octanol–water partition coefficient (Wildman–Crippen LogP) is 3.79. The molecule has 0 aliphatic heterocycles. The second kappa shape index (κ2) is 6.30. The molecule has 0 spiro atoms. The molecule has 2 rings (SSSR count). The molecule has 1 aliphatic carbocycles. The normalized spacial score (nSPS) is 23.6. The Bertz CT molecular complexity index is 459. The van der Waals surface area contributed by atoms with Crippen LogP contribution in [-0.2, 0) is 6.18 Å². The maximum atomic E-state index is 12.9. The molecule has 112 valence electrons. The maximum Gasteiger partial charge on any atom is 0.421 e. The van der Waals surface area contributed by atoms with Gasteiger partial charge in [-0.25, -0.2) is 4.98 Å². The molecule has 0 atom stereocenters. The van der Waals surface area contributed by atoms with Crippen LogP contribution in [0, 0.1) is 5.92 Å². The molecule has 7 heteroatoms. The summed E-state index contributed by atoms with van der Waals surface area (Å²) in [6.45, 7) is 0.122. The number of hydrogen-bond acceptors (Lipinski definition) is 3. The first-order valence-corrected chi connectivity index (χ1v) is 7.19. The van der Waals surface area contributed by atoms with Crippen LogP contribution in [0.1, 0.15) is 31.2 Å². The molecule has 1 aromatic rings. The lowest BCUT2D eigenvalue weighted by Crippen LogP contribution is -2.26. The number of ether oxygens (including phenoxy) is 1. The second-order valence-electron chi connectivity index (χ2n) is 4.95. The summed E-state index contributed by atoms with van der Waals surface area (Å²) >= 11 is 2.99. The van der Waals surface area contributed by atoms with Gasteiger partial charge in [-0.2, -0.15) is 13.2 Å². The first-order valence-electron chi connectivity index (χ1n) is 6.40. The SMILES string of the molecule is OCC1CCC(Oc2ncc(Br)cc2C(F)(F)F)CC1. The molecular formula is C13H15BrF3NO2. The van der Waals surface area contributed by atoms with Gasteiger partial charge in [-0.05, 0) is 53.6 Å². The fraction of sp³-hybridized carbons (Fsp3) is 0.615. The van der Waals surface area contributed by atoms with Crippen LogP contribution in [0.25, 0.3) is 0 Å². The Morgan fingerprint density at radius 2 is 1.95 bits per heavy atom. The van der Waals surface area contributed by atoms with Crippen LogP contribution in [0.4, 0.5) is 13.2 Å². The molecule has 3 nitrogen and oxygen atoms in total. The quantitative estimate of drug-likeness (QED) is 0.898. The molecule has 1 aromatic heterocycles. The zero-order chi connectivity index (χ0) is 14.8. The van der Waals surface area contributed by atoms with Crippen LogP contribution in [0.2, 0.25) is 0 Å². The van der Waals surface area contributed by atoms with E-state index in [1.54, 1.807) is 0 Å².